The van der Waals surface area contributed by atoms with Gasteiger partial charge in [-0.1, -0.05) is 20.3 Å². The average molecular weight is 215 g/mol. The Morgan fingerprint density at radius 1 is 1.27 bits per heavy atom. The number of ketones is 1. The van der Waals surface area contributed by atoms with Crippen LogP contribution in [0.5, 0.6) is 0 Å². The SMILES string of the molecule is CCC(C)C(NC(=O)OC(C)C)C(C)=O. The zero-order valence-corrected chi connectivity index (χ0v) is 10.2. The number of rotatable bonds is 5. The number of nitrogens with one attached hydrogen (secondary N) is 1. The van der Waals surface area contributed by atoms with Crippen LogP contribution in [0.15, 0.2) is 0 Å². The van der Waals surface area contributed by atoms with E-state index in [0.29, 0.717) is 0 Å². The van der Waals surface area contributed by atoms with E-state index < -0.39 is 12.1 Å². The summed E-state index contributed by atoms with van der Waals surface area (Å²) >= 11 is 0. The molecule has 0 heterocycles. The van der Waals surface area contributed by atoms with Crippen molar-refractivity contribution in [1.82, 2.24) is 5.32 Å². The molecule has 88 valence electrons. The largest absolute Gasteiger partial charge is 0.447 e. The van der Waals surface area contributed by atoms with Crippen LogP contribution in [0.25, 0.3) is 0 Å². The maximum absolute atomic E-state index is 11.3. The van der Waals surface area contributed by atoms with Gasteiger partial charge in [0.1, 0.15) is 0 Å². The first-order valence-electron chi connectivity index (χ1n) is 5.36. The fourth-order valence-corrected chi connectivity index (χ4v) is 1.26. The van der Waals surface area contributed by atoms with Crippen molar-refractivity contribution in [1.29, 1.82) is 0 Å². The van der Waals surface area contributed by atoms with E-state index in [0.717, 1.165) is 6.42 Å². The number of amides is 1. The zero-order chi connectivity index (χ0) is 12.0. The van der Waals surface area contributed by atoms with Gasteiger partial charge in [-0.25, -0.2) is 4.79 Å². The Morgan fingerprint density at radius 2 is 1.80 bits per heavy atom. The van der Waals surface area contributed by atoms with Gasteiger partial charge in [0.15, 0.2) is 5.78 Å². The highest BCUT2D eigenvalue weighted by atomic mass is 16.6. The van der Waals surface area contributed by atoms with E-state index in [-0.39, 0.29) is 17.8 Å². The van der Waals surface area contributed by atoms with Gasteiger partial charge in [0, 0.05) is 0 Å². The lowest BCUT2D eigenvalue weighted by Crippen LogP contribution is -2.44. The summed E-state index contributed by atoms with van der Waals surface area (Å²) in [5.41, 5.74) is 0. The van der Waals surface area contributed by atoms with Crippen molar-refractivity contribution in [3.05, 3.63) is 0 Å². The van der Waals surface area contributed by atoms with Crippen LogP contribution in [0.2, 0.25) is 0 Å². The van der Waals surface area contributed by atoms with Crippen molar-refractivity contribution in [3.63, 3.8) is 0 Å². The lowest BCUT2D eigenvalue weighted by atomic mass is 9.96. The molecule has 0 fully saturated rings. The molecule has 0 aromatic rings. The number of carbonyl (C=O) groups excluding carboxylic acids is 2. The van der Waals surface area contributed by atoms with E-state index in [1.54, 1.807) is 13.8 Å². The van der Waals surface area contributed by atoms with E-state index in [9.17, 15) is 9.59 Å². The minimum absolute atomic E-state index is 0.0370. The van der Waals surface area contributed by atoms with Crippen molar-refractivity contribution in [2.24, 2.45) is 5.92 Å². The molecule has 0 radical (unpaired) electrons. The van der Waals surface area contributed by atoms with Crippen molar-refractivity contribution >= 4 is 11.9 Å². The van der Waals surface area contributed by atoms with Crippen LogP contribution in [-0.4, -0.2) is 24.0 Å². The van der Waals surface area contributed by atoms with Gasteiger partial charge in [0.25, 0.3) is 0 Å². The third kappa shape index (κ3) is 5.40. The Morgan fingerprint density at radius 3 is 2.13 bits per heavy atom. The first-order valence-corrected chi connectivity index (χ1v) is 5.36. The van der Waals surface area contributed by atoms with Crippen molar-refractivity contribution in [2.75, 3.05) is 0 Å². The molecule has 0 saturated heterocycles. The fourth-order valence-electron chi connectivity index (χ4n) is 1.26. The van der Waals surface area contributed by atoms with E-state index >= 15 is 0 Å². The first kappa shape index (κ1) is 13.9. The molecule has 0 aliphatic heterocycles. The van der Waals surface area contributed by atoms with E-state index in [1.807, 2.05) is 13.8 Å². The molecule has 1 N–H and O–H groups in total. The van der Waals surface area contributed by atoms with Crippen LogP contribution in [-0.2, 0) is 9.53 Å². The maximum Gasteiger partial charge on any atom is 0.407 e. The number of hydrogen-bond donors (Lipinski definition) is 1. The monoisotopic (exact) mass is 215 g/mol. The molecule has 0 aromatic carbocycles. The molecule has 2 unspecified atom stereocenters. The first-order chi connectivity index (χ1) is 6.88. The number of hydrogen-bond acceptors (Lipinski definition) is 3. The summed E-state index contributed by atoms with van der Waals surface area (Å²) in [7, 11) is 0. The second kappa shape index (κ2) is 6.43. The predicted molar refractivity (Wildman–Crippen MR) is 58.7 cm³/mol. The Labute approximate surface area is 91.4 Å². The second-order valence-corrected chi connectivity index (χ2v) is 4.07. The molecule has 4 heteroatoms. The van der Waals surface area contributed by atoms with Gasteiger partial charge < -0.3 is 10.1 Å². The molecule has 0 aliphatic carbocycles. The van der Waals surface area contributed by atoms with E-state index in [4.69, 9.17) is 4.74 Å². The molecular weight excluding hydrogens is 194 g/mol. The highest BCUT2D eigenvalue weighted by Crippen LogP contribution is 2.09. The molecular formula is C11H21NO3. The molecule has 4 nitrogen and oxygen atoms in total. The highest BCUT2D eigenvalue weighted by Gasteiger charge is 2.23. The predicted octanol–water partition coefficient (Wildman–Crippen LogP) is 2.12. The third-order valence-electron chi connectivity index (χ3n) is 2.27. The Kier molecular flexibility index (Phi) is 5.97. The van der Waals surface area contributed by atoms with E-state index in [2.05, 4.69) is 5.32 Å². The third-order valence-corrected chi connectivity index (χ3v) is 2.27. The summed E-state index contributed by atoms with van der Waals surface area (Å²) in [5, 5.41) is 2.59. The quantitative estimate of drug-likeness (QED) is 0.764. The number of carbonyl (C=O) groups is 2. The van der Waals surface area contributed by atoms with Gasteiger partial charge in [0.05, 0.1) is 12.1 Å². The molecule has 0 aliphatic rings. The molecule has 0 rings (SSSR count). The van der Waals surface area contributed by atoms with Gasteiger partial charge in [-0.3, -0.25) is 4.79 Å². The number of Topliss-reactive ketones (excluding diaryl/α,β-unsaturated/α-hetero) is 1. The Hall–Kier alpha value is -1.06. The van der Waals surface area contributed by atoms with Crippen LogP contribution >= 0.6 is 0 Å². The van der Waals surface area contributed by atoms with Gasteiger partial charge in [-0.2, -0.15) is 0 Å². The normalized spacial score (nSPS) is 14.5. The van der Waals surface area contributed by atoms with Gasteiger partial charge in [0.2, 0.25) is 0 Å². The molecule has 0 saturated carbocycles. The van der Waals surface area contributed by atoms with Gasteiger partial charge >= 0.3 is 6.09 Å². The van der Waals surface area contributed by atoms with Crippen LogP contribution < -0.4 is 5.32 Å². The van der Waals surface area contributed by atoms with Crippen LogP contribution in [0, 0.1) is 5.92 Å². The van der Waals surface area contributed by atoms with Crippen LogP contribution in [0.3, 0.4) is 0 Å². The molecule has 1 amide bonds. The van der Waals surface area contributed by atoms with Gasteiger partial charge in [-0.05, 0) is 26.7 Å². The standard InChI is InChI=1S/C11H21NO3/c1-6-8(4)10(9(5)13)12-11(14)15-7(2)3/h7-8,10H,6H2,1-5H3,(H,12,14). The maximum atomic E-state index is 11.3. The summed E-state index contributed by atoms with van der Waals surface area (Å²) in [6, 6.07) is -0.443. The molecule has 0 spiro atoms. The molecule has 0 aromatic heterocycles. The minimum atomic E-state index is -0.523. The Balaban J connectivity index is 4.29. The molecule has 0 bridgehead atoms. The summed E-state index contributed by atoms with van der Waals surface area (Å²) in [6.07, 6.45) is 0.145. The summed E-state index contributed by atoms with van der Waals surface area (Å²) in [5.74, 6) is 0.0901. The van der Waals surface area contributed by atoms with Crippen molar-refractivity contribution in [2.45, 2.75) is 53.2 Å². The summed E-state index contributed by atoms with van der Waals surface area (Å²) < 4.78 is 4.92. The van der Waals surface area contributed by atoms with Crippen LogP contribution in [0.1, 0.15) is 41.0 Å². The molecule has 2 atom stereocenters. The second-order valence-electron chi connectivity index (χ2n) is 4.07. The lowest BCUT2D eigenvalue weighted by molar-refractivity contribution is -0.120. The Bertz CT molecular complexity index is 226. The van der Waals surface area contributed by atoms with Gasteiger partial charge in [-0.15, -0.1) is 0 Å². The zero-order valence-electron chi connectivity index (χ0n) is 10.2. The lowest BCUT2D eigenvalue weighted by Gasteiger charge is -2.21. The number of ether oxygens (including phenoxy) is 1. The number of alkyl carbamates (subject to hydrolysis) is 1. The molecule has 15 heavy (non-hydrogen) atoms. The van der Waals surface area contributed by atoms with Crippen LogP contribution in [0.4, 0.5) is 4.79 Å². The van der Waals surface area contributed by atoms with E-state index in [1.165, 1.54) is 6.92 Å². The topological polar surface area (TPSA) is 55.4 Å². The average Bonchev–Trinajstić information content (AvgIpc) is 2.11. The summed E-state index contributed by atoms with van der Waals surface area (Å²) in [4.78, 5) is 22.6. The van der Waals surface area contributed by atoms with Crippen molar-refractivity contribution in [3.8, 4) is 0 Å². The fraction of sp³-hybridized carbons (Fsp3) is 0.818. The smallest absolute Gasteiger partial charge is 0.407 e. The highest BCUT2D eigenvalue weighted by molar-refractivity contribution is 5.85. The van der Waals surface area contributed by atoms with Crippen molar-refractivity contribution < 1.29 is 14.3 Å². The summed E-state index contributed by atoms with van der Waals surface area (Å²) in [6.45, 7) is 8.93. The minimum Gasteiger partial charge on any atom is -0.447 e.